The molecule has 1 heterocycles. The second-order valence-corrected chi connectivity index (χ2v) is 7.40. The Morgan fingerprint density at radius 2 is 2.04 bits per heavy atom. The molecule has 3 rings (SSSR count). The smallest absolute Gasteiger partial charge is 0.171 e. The Hall–Kier alpha value is -2.27. The first-order valence-electron chi connectivity index (χ1n) is 8.37. The number of rotatable bonds is 3. The number of thiocarbonyl (C=S) groups is 1. The molecule has 0 amide bonds. The number of fused-ring (bicyclic) bond motifs is 1. The number of ether oxygens (including phenoxy) is 2. The molecule has 5 heteroatoms. The van der Waals surface area contributed by atoms with Gasteiger partial charge in [0, 0.05) is 23.7 Å². The van der Waals surface area contributed by atoms with Crippen molar-refractivity contribution in [3.63, 3.8) is 0 Å². The van der Waals surface area contributed by atoms with Crippen molar-refractivity contribution < 1.29 is 9.47 Å². The summed E-state index contributed by atoms with van der Waals surface area (Å²) in [5.74, 6) is 1.71. The molecule has 1 aliphatic rings. The second-order valence-electron chi connectivity index (χ2n) is 6.99. The summed E-state index contributed by atoms with van der Waals surface area (Å²) in [5.41, 5.74) is 3.01. The molecule has 0 saturated carbocycles. The number of nitrogens with one attached hydrogen (secondary N) is 2. The Labute approximate surface area is 154 Å². The summed E-state index contributed by atoms with van der Waals surface area (Å²) in [4.78, 5) is 0. The lowest BCUT2D eigenvalue weighted by molar-refractivity contribution is 0.0696. The molecular weight excluding hydrogens is 332 g/mol. The van der Waals surface area contributed by atoms with Crippen molar-refractivity contribution in [3.05, 3.63) is 53.6 Å². The summed E-state index contributed by atoms with van der Waals surface area (Å²) < 4.78 is 11.4. The van der Waals surface area contributed by atoms with Crippen molar-refractivity contribution >= 4 is 23.0 Å². The number of anilines is 1. The summed E-state index contributed by atoms with van der Waals surface area (Å²) in [5, 5.41) is 7.27. The molecule has 0 unspecified atom stereocenters. The highest BCUT2D eigenvalue weighted by molar-refractivity contribution is 7.80. The molecule has 1 atom stereocenters. The molecule has 0 aromatic heterocycles. The van der Waals surface area contributed by atoms with E-state index in [-0.39, 0.29) is 11.6 Å². The van der Waals surface area contributed by atoms with Crippen LogP contribution in [0.25, 0.3) is 0 Å². The maximum absolute atomic E-state index is 6.11. The highest BCUT2D eigenvalue weighted by Gasteiger charge is 2.34. The first-order chi connectivity index (χ1) is 11.9. The van der Waals surface area contributed by atoms with E-state index in [0.717, 1.165) is 29.2 Å². The molecule has 4 nitrogen and oxygen atoms in total. The standard InChI is InChI=1S/C20H24N2O2S/c1-13-8-9-18-16(10-13)17(12-20(2,3)24-18)22-19(25)21-14-6-5-7-15(11-14)23-4/h5-11,17H,12H2,1-4H3,(H2,21,22,25)/t17-/m0/s1. The van der Waals surface area contributed by atoms with Crippen LogP contribution in [0.1, 0.15) is 37.4 Å². The molecule has 25 heavy (non-hydrogen) atoms. The average molecular weight is 356 g/mol. The molecule has 2 N–H and O–H groups in total. The van der Waals surface area contributed by atoms with Crippen LogP contribution >= 0.6 is 12.2 Å². The third kappa shape index (κ3) is 4.23. The van der Waals surface area contributed by atoms with Crippen LogP contribution in [0, 0.1) is 6.92 Å². The van der Waals surface area contributed by atoms with Gasteiger partial charge in [0.25, 0.3) is 0 Å². The molecule has 2 aromatic carbocycles. The van der Waals surface area contributed by atoms with Gasteiger partial charge in [-0.25, -0.2) is 0 Å². The zero-order chi connectivity index (χ0) is 18.0. The van der Waals surface area contributed by atoms with E-state index in [4.69, 9.17) is 21.7 Å². The van der Waals surface area contributed by atoms with Crippen LogP contribution in [0.15, 0.2) is 42.5 Å². The fourth-order valence-electron chi connectivity index (χ4n) is 3.13. The molecular formula is C20H24N2O2S. The highest BCUT2D eigenvalue weighted by Crippen LogP contribution is 2.39. The number of benzene rings is 2. The largest absolute Gasteiger partial charge is 0.497 e. The third-order valence-corrected chi connectivity index (χ3v) is 4.48. The molecule has 0 spiro atoms. The molecule has 2 aromatic rings. The van der Waals surface area contributed by atoms with Crippen molar-refractivity contribution in [1.29, 1.82) is 0 Å². The quantitative estimate of drug-likeness (QED) is 0.787. The van der Waals surface area contributed by atoms with Gasteiger partial charge in [0.05, 0.1) is 13.2 Å². The third-order valence-electron chi connectivity index (χ3n) is 4.26. The average Bonchev–Trinajstić information content (AvgIpc) is 2.55. The first-order valence-corrected chi connectivity index (χ1v) is 8.78. The van der Waals surface area contributed by atoms with Gasteiger partial charge in [-0.2, -0.15) is 0 Å². The topological polar surface area (TPSA) is 42.5 Å². The molecule has 1 aliphatic heterocycles. The zero-order valence-electron chi connectivity index (χ0n) is 15.1. The maximum atomic E-state index is 6.11. The van der Waals surface area contributed by atoms with Crippen LogP contribution in [0.3, 0.4) is 0 Å². The molecule has 0 radical (unpaired) electrons. The molecule has 132 valence electrons. The van der Waals surface area contributed by atoms with Crippen LogP contribution in [-0.4, -0.2) is 17.8 Å². The summed E-state index contributed by atoms with van der Waals surface area (Å²) in [7, 11) is 1.65. The number of aryl methyl sites for hydroxylation is 1. The van der Waals surface area contributed by atoms with Gasteiger partial charge in [0.1, 0.15) is 17.1 Å². The van der Waals surface area contributed by atoms with Gasteiger partial charge in [-0.1, -0.05) is 23.8 Å². The van der Waals surface area contributed by atoms with E-state index in [0.29, 0.717) is 5.11 Å². The summed E-state index contributed by atoms with van der Waals surface area (Å²) in [6.07, 6.45) is 0.837. The van der Waals surface area contributed by atoms with Gasteiger partial charge in [0.15, 0.2) is 5.11 Å². The minimum atomic E-state index is -0.245. The van der Waals surface area contributed by atoms with E-state index in [2.05, 4.69) is 43.5 Å². The van der Waals surface area contributed by atoms with E-state index < -0.39 is 0 Å². The van der Waals surface area contributed by atoms with Gasteiger partial charge < -0.3 is 20.1 Å². The molecule has 0 saturated heterocycles. The van der Waals surface area contributed by atoms with Gasteiger partial charge in [-0.05, 0) is 51.2 Å². The SMILES string of the molecule is COc1cccc(NC(=S)N[C@H]2CC(C)(C)Oc3ccc(C)cc32)c1. The summed E-state index contributed by atoms with van der Waals surface area (Å²) in [6.45, 7) is 6.29. The van der Waals surface area contributed by atoms with Crippen LogP contribution in [0.5, 0.6) is 11.5 Å². The van der Waals surface area contributed by atoms with Crippen molar-refractivity contribution in [1.82, 2.24) is 5.32 Å². The molecule has 0 fully saturated rings. The van der Waals surface area contributed by atoms with Gasteiger partial charge in [-0.3, -0.25) is 0 Å². The number of hydrogen-bond donors (Lipinski definition) is 2. The van der Waals surface area contributed by atoms with Crippen LogP contribution < -0.4 is 20.1 Å². The Morgan fingerprint density at radius 3 is 2.80 bits per heavy atom. The lowest BCUT2D eigenvalue weighted by atomic mass is 9.89. The Balaban J connectivity index is 1.77. The van der Waals surface area contributed by atoms with Crippen molar-refractivity contribution in [2.24, 2.45) is 0 Å². The summed E-state index contributed by atoms with van der Waals surface area (Å²) >= 11 is 5.53. The van der Waals surface area contributed by atoms with Gasteiger partial charge in [0.2, 0.25) is 0 Å². The predicted octanol–water partition coefficient (Wildman–Crippen LogP) is 4.59. The minimum Gasteiger partial charge on any atom is -0.497 e. The van der Waals surface area contributed by atoms with E-state index in [9.17, 15) is 0 Å². The van der Waals surface area contributed by atoms with Crippen LogP contribution in [0.4, 0.5) is 5.69 Å². The zero-order valence-corrected chi connectivity index (χ0v) is 15.9. The Bertz CT molecular complexity index is 789. The minimum absolute atomic E-state index is 0.101. The van der Waals surface area contributed by atoms with Crippen molar-refractivity contribution in [2.45, 2.75) is 38.8 Å². The van der Waals surface area contributed by atoms with Crippen molar-refractivity contribution in [3.8, 4) is 11.5 Å². The number of methoxy groups -OCH3 is 1. The molecule has 0 bridgehead atoms. The van der Waals surface area contributed by atoms with E-state index in [1.807, 2.05) is 30.3 Å². The second kappa shape index (κ2) is 6.92. The maximum Gasteiger partial charge on any atom is 0.171 e. The van der Waals surface area contributed by atoms with Crippen LogP contribution in [0.2, 0.25) is 0 Å². The van der Waals surface area contributed by atoms with Crippen LogP contribution in [-0.2, 0) is 0 Å². The Morgan fingerprint density at radius 1 is 1.24 bits per heavy atom. The fourth-order valence-corrected chi connectivity index (χ4v) is 3.39. The Kier molecular flexibility index (Phi) is 4.86. The highest BCUT2D eigenvalue weighted by atomic mass is 32.1. The van der Waals surface area contributed by atoms with Gasteiger partial charge >= 0.3 is 0 Å². The van der Waals surface area contributed by atoms with Crippen molar-refractivity contribution in [2.75, 3.05) is 12.4 Å². The summed E-state index contributed by atoms with van der Waals surface area (Å²) in [6, 6.07) is 14.1. The molecule has 0 aliphatic carbocycles. The van der Waals surface area contributed by atoms with Gasteiger partial charge in [-0.15, -0.1) is 0 Å². The normalized spacial score (nSPS) is 17.8. The predicted molar refractivity (Wildman–Crippen MR) is 106 cm³/mol. The number of hydrogen-bond acceptors (Lipinski definition) is 3. The van der Waals surface area contributed by atoms with E-state index in [1.165, 1.54) is 5.56 Å². The van der Waals surface area contributed by atoms with E-state index >= 15 is 0 Å². The lowest BCUT2D eigenvalue weighted by Gasteiger charge is -2.38. The lowest BCUT2D eigenvalue weighted by Crippen LogP contribution is -2.42. The fraction of sp³-hybridized carbons (Fsp3) is 0.350. The first kappa shape index (κ1) is 17.5. The monoisotopic (exact) mass is 356 g/mol. The van der Waals surface area contributed by atoms with E-state index in [1.54, 1.807) is 7.11 Å².